The topological polar surface area (TPSA) is 48.0 Å². The highest BCUT2D eigenvalue weighted by Gasteiger charge is 2.51. The van der Waals surface area contributed by atoms with Crippen molar-refractivity contribution in [2.45, 2.75) is 64.0 Å². The zero-order valence-electron chi connectivity index (χ0n) is 17.2. The van der Waals surface area contributed by atoms with E-state index in [0.717, 1.165) is 37.4 Å². The summed E-state index contributed by atoms with van der Waals surface area (Å²) in [6.07, 6.45) is 1.91. The number of esters is 1. The van der Waals surface area contributed by atoms with E-state index in [1.165, 1.54) is 23.6 Å². The fourth-order valence-corrected chi connectivity index (χ4v) is 7.14. The molecule has 150 valence electrons. The Morgan fingerprint density at radius 3 is 2.68 bits per heavy atom. The Bertz CT molecular complexity index is 859. The van der Waals surface area contributed by atoms with Gasteiger partial charge in [-0.2, -0.15) is 0 Å². The second-order valence-electron chi connectivity index (χ2n) is 9.71. The third-order valence-corrected chi connectivity index (χ3v) is 7.76. The highest BCUT2D eigenvalue weighted by molar-refractivity contribution is 6.81. The second-order valence-corrected chi connectivity index (χ2v) is 14.7. The van der Waals surface area contributed by atoms with Gasteiger partial charge in [0.25, 0.3) is 0 Å². The van der Waals surface area contributed by atoms with Crippen molar-refractivity contribution >= 4 is 14.0 Å². The molecule has 1 saturated carbocycles. The van der Waals surface area contributed by atoms with Gasteiger partial charge in [0, 0.05) is 31.3 Å². The van der Waals surface area contributed by atoms with Gasteiger partial charge in [-0.15, -0.1) is 0 Å². The van der Waals surface area contributed by atoms with Crippen molar-refractivity contribution < 1.29 is 19.0 Å². The first-order valence-electron chi connectivity index (χ1n) is 10.4. The molecule has 1 saturated heterocycles. The molecule has 4 aliphatic rings. The molecule has 6 heteroatoms. The summed E-state index contributed by atoms with van der Waals surface area (Å²) < 4.78 is 17.2. The Morgan fingerprint density at radius 2 is 1.96 bits per heavy atom. The standard InChI is InChI=1S/C22H29NO4Si/c1-13(24)27-19-9-17-16-8-21-20(25-12-26-21)7-14(16)10-23-6-5-15(22(17)23)18(19)11-28(2,3)4/h7-8,11,15,17,19,22H,5-6,9-10,12H2,1-4H3/b18-11+/t15-,17+,19+,22-/m0/s1. The lowest BCUT2D eigenvalue weighted by Gasteiger charge is -2.47. The fourth-order valence-electron chi connectivity index (χ4n) is 5.74. The molecule has 5 rings (SSSR count). The highest BCUT2D eigenvalue weighted by atomic mass is 28.3. The molecule has 2 fully saturated rings. The number of nitrogens with zero attached hydrogens (tertiary/aromatic N) is 1. The molecule has 28 heavy (non-hydrogen) atoms. The zero-order valence-corrected chi connectivity index (χ0v) is 18.2. The van der Waals surface area contributed by atoms with Crippen molar-refractivity contribution in [3.8, 4) is 11.5 Å². The summed E-state index contributed by atoms with van der Waals surface area (Å²) in [5.74, 6) is 2.39. The van der Waals surface area contributed by atoms with Gasteiger partial charge in [-0.05, 0) is 48.2 Å². The molecule has 0 aromatic heterocycles. The molecule has 5 nitrogen and oxygen atoms in total. The van der Waals surface area contributed by atoms with Gasteiger partial charge in [-0.25, -0.2) is 0 Å². The molecule has 0 spiro atoms. The summed E-state index contributed by atoms with van der Waals surface area (Å²) in [4.78, 5) is 14.5. The number of ether oxygens (including phenoxy) is 3. The Balaban J connectivity index is 1.59. The molecule has 3 aliphatic heterocycles. The van der Waals surface area contributed by atoms with Gasteiger partial charge in [0.1, 0.15) is 6.10 Å². The monoisotopic (exact) mass is 399 g/mol. The minimum atomic E-state index is -1.43. The van der Waals surface area contributed by atoms with Crippen LogP contribution in [0.1, 0.15) is 36.8 Å². The van der Waals surface area contributed by atoms with E-state index in [4.69, 9.17) is 14.2 Å². The number of fused-ring (bicyclic) bond motifs is 3. The SMILES string of the molecule is CC(=O)O[C@@H]1C[C@@H]2c3cc4c(cc3CN3CC[C@@H](/C1=C\[Si](C)(C)C)[C@@H]23)OCO4. The Hall–Kier alpha value is -1.79. The van der Waals surface area contributed by atoms with Crippen LogP contribution in [0, 0.1) is 5.92 Å². The molecule has 3 heterocycles. The van der Waals surface area contributed by atoms with E-state index in [1.807, 2.05) is 0 Å². The molecule has 0 amide bonds. The fraction of sp³-hybridized carbons (Fsp3) is 0.591. The predicted molar refractivity (Wildman–Crippen MR) is 109 cm³/mol. The van der Waals surface area contributed by atoms with Crippen LogP contribution in [0.25, 0.3) is 0 Å². The summed E-state index contributed by atoms with van der Waals surface area (Å²) in [6.45, 7) is 11.0. The lowest BCUT2D eigenvalue weighted by atomic mass is 9.68. The summed E-state index contributed by atoms with van der Waals surface area (Å²) in [7, 11) is -1.43. The van der Waals surface area contributed by atoms with Gasteiger partial charge >= 0.3 is 5.97 Å². The zero-order chi connectivity index (χ0) is 19.6. The van der Waals surface area contributed by atoms with Gasteiger partial charge < -0.3 is 14.2 Å². The number of carbonyl (C=O) groups excluding carboxylic acids is 1. The van der Waals surface area contributed by atoms with Gasteiger partial charge in [0.2, 0.25) is 6.79 Å². The Morgan fingerprint density at radius 1 is 1.21 bits per heavy atom. The molecule has 1 aromatic carbocycles. The maximum absolute atomic E-state index is 11.9. The lowest BCUT2D eigenvalue weighted by Crippen LogP contribution is -2.48. The number of benzene rings is 1. The summed E-state index contributed by atoms with van der Waals surface area (Å²) in [5, 5.41) is 0. The first-order valence-corrected chi connectivity index (χ1v) is 13.9. The summed E-state index contributed by atoms with van der Waals surface area (Å²) >= 11 is 0. The second kappa shape index (κ2) is 6.36. The molecular weight excluding hydrogens is 370 g/mol. The Kier molecular flexibility index (Phi) is 4.14. The van der Waals surface area contributed by atoms with E-state index in [9.17, 15) is 4.79 Å². The molecule has 1 aliphatic carbocycles. The van der Waals surface area contributed by atoms with Crippen molar-refractivity contribution in [1.29, 1.82) is 0 Å². The van der Waals surface area contributed by atoms with Gasteiger partial charge in [0.15, 0.2) is 11.5 Å². The Labute approximate surface area is 167 Å². The predicted octanol–water partition coefficient (Wildman–Crippen LogP) is 3.84. The first kappa shape index (κ1) is 18.2. The third-order valence-electron chi connectivity index (χ3n) is 6.56. The minimum absolute atomic E-state index is 0.105. The van der Waals surface area contributed by atoms with Crippen molar-refractivity contribution in [2.24, 2.45) is 5.92 Å². The lowest BCUT2D eigenvalue weighted by molar-refractivity contribution is -0.146. The van der Waals surface area contributed by atoms with Crippen LogP contribution < -0.4 is 9.47 Å². The maximum Gasteiger partial charge on any atom is 0.303 e. The van der Waals surface area contributed by atoms with Crippen molar-refractivity contribution in [3.63, 3.8) is 0 Å². The number of hydrogen-bond donors (Lipinski definition) is 0. The smallest absolute Gasteiger partial charge is 0.303 e. The van der Waals surface area contributed by atoms with Crippen LogP contribution in [0.5, 0.6) is 11.5 Å². The molecule has 0 radical (unpaired) electrons. The highest BCUT2D eigenvalue weighted by Crippen LogP contribution is 2.53. The molecule has 0 unspecified atom stereocenters. The van der Waals surface area contributed by atoms with E-state index in [-0.39, 0.29) is 12.1 Å². The van der Waals surface area contributed by atoms with Crippen LogP contribution in [-0.2, 0) is 16.1 Å². The average molecular weight is 400 g/mol. The molecule has 0 bridgehead atoms. The maximum atomic E-state index is 11.9. The third kappa shape index (κ3) is 2.97. The largest absolute Gasteiger partial charge is 0.458 e. The van der Waals surface area contributed by atoms with E-state index in [0.29, 0.717) is 24.7 Å². The van der Waals surface area contributed by atoms with E-state index in [2.05, 4.69) is 42.4 Å². The van der Waals surface area contributed by atoms with Crippen LogP contribution in [0.4, 0.5) is 0 Å². The van der Waals surface area contributed by atoms with Crippen molar-refractivity contribution in [1.82, 2.24) is 4.90 Å². The number of hydrogen-bond acceptors (Lipinski definition) is 5. The average Bonchev–Trinajstić information content (AvgIpc) is 3.22. The molecule has 1 aromatic rings. The quantitative estimate of drug-likeness (QED) is 0.559. The minimum Gasteiger partial charge on any atom is -0.458 e. The van der Waals surface area contributed by atoms with E-state index < -0.39 is 8.07 Å². The van der Waals surface area contributed by atoms with Crippen LogP contribution in [-0.4, -0.2) is 44.4 Å². The van der Waals surface area contributed by atoms with Crippen molar-refractivity contribution in [2.75, 3.05) is 13.3 Å². The van der Waals surface area contributed by atoms with Gasteiger partial charge in [-0.1, -0.05) is 25.3 Å². The van der Waals surface area contributed by atoms with Crippen LogP contribution in [0.2, 0.25) is 19.6 Å². The van der Waals surface area contributed by atoms with E-state index >= 15 is 0 Å². The summed E-state index contributed by atoms with van der Waals surface area (Å²) in [5.41, 5.74) is 6.59. The number of rotatable bonds is 2. The van der Waals surface area contributed by atoms with E-state index in [1.54, 1.807) is 0 Å². The molecule has 4 atom stereocenters. The van der Waals surface area contributed by atoms with Crippen LogP contribution in [0.3, 0.4) is 0 Å². The van der Waals surface area contributed by atoms with Crippen molar-refractivity contribution in [3.05, 3.63) is 34.5 Å². The van der Waals surface area contributed by atoms with Gasteiger partial charge in [0.05, 0.1) is 8.07 Å². The van der Waals surface area contributed by atoms with Gasteiger partial charge in [-0.3, -0.25) is 9.69 Å². The normalized spacial score (nSPS) is 32.2. The molecule has 0 N–H and O–H groups in total. The first-order chi connectivity index (χ1) is 13.3. The van der Waals surface area contributed by atoms with Crippen LogP contribution in [0.15, 0.2) is 23.4 Å². The molecular formula is C22H29NO4Si. The summed E-state index contributed by atoms with van der Waals surface area (Å²) in [6, 6.07) is 4.85. The van der Waals surface area contributed by atoms with Crippen LogP contribution >= 0.6 is 0 Å². The number of carbonyl (C=O) groups is 1.